The van der Waals surface area contributed by atoms with Crippen LogP contribution in [0.4, 0.5) is 5.82 Å². The van der Waals surface area contributed by atoms with Crippen molar-refractivity contribution >= 4 is 5.82 Å². The summed E-state index contributed by atoms with van der Waals surface area (Å²) in [6.45, 7) is 8.79. The lowest BCUT2D eigenvalue weighted by Crippen LogP contribution is -2.09. The highest BCUT2D eigenvalue weighted by Gasteiger charge is 2.15. The maximum absolute atomic E-state index is 6.25. The Morgan fingerprint density at radius 3 is 2.33 bits per heavy atom. The van der Waals surface area contributed by atoms with Crippen LogP contribution in [0.5, 0.6) is 0 Å². The molecule has 3 heteroatoms. The van der Waals surface area contributed by atoms with Crippen molar-refractivity contribution in [3.63, 3.8) is 0 Å². The van der Waals surface area contributed by atoms with E-state index in [0.717, 1.165) is 36.6 Å². The average molecular weight is 251 g/mol. The fourth-order valence-corrected chi connectivity index (χ4v) is 2.42. The summed E-state index contributed by atoms with van der Waals surface area (Å²) < 4.78 is 2.21. The van der Waals surface area contributed by atoms with E-state index in [1.165, 1.54) is 25.7 Å². The lowest BCUT2D eigenvalue weighted by atomic mass is 10.1. The number of nitrogens with two attached hydrogens (primary N) is 1. The van der Waals surface area contributed by atoms with Gasteiger partial charge in [0.2, 0.25) is 0 Å². The highest BCUT2D eigenvalue weighted by molar-refractivity contribution is 5.39. The van der Waals surface area contributed by atoms with Gasteiger partial charge in [0.15, 0.2) is 0 Å². The van der Waals surface area contributed by atoms with Crippen molar-refractivity contribution in [1.29, 1.82) is 0 Å². The Kier molecular flexibility index (Phi) is 6.23. The highest BCUT2D eigenvalue weighted by atomic mass is 15.2. The van der Waals surface area contributed by atoms with Crippen LogP contribution < -0.4 is 5.73 Å². The molecule has 0 spiro atoms. The van der Waals surface area contributed by atoms with E-state index in [2.05, 4.69) is 32.3 Å². The molecule has 0 saturated carbocycles. The Labute approximate surface area is 112 Å². The number of nitrogen functional groups attached to an aromatic ring is 1. The Bertz CT molecular complexity index is 353. The third kappa shape index (κ3) is 3.76. The summed E-state index contributed by atoms with van der Waals surface area (Å²) in [6.07, 6.45) is 8.26. The zero-order chi connectivity index (χ0) is 13.5. The molecular weight excluding hydrogens is 222 g/mol. The number of aromatic nitrogens is 2. The van der Waals surface area contributed by atoms with Gasteiger partial charge >= 0.3 is 0 Å². The molecule has 0 atom stereocenters. The van der Waals surface area contributed by atoms with Crippen LogP contribution in [0.2, 0.25) is 0 Å². The molecule has 0 aliphatic carbocycles. The van der Waals surface area contributed by atoms with Crippen LogP contribution in [0, 0.1) is 0 Å². The standard InChI is InChI=1S/C15H29N3/c1-5-7-8-9-11-13-15(16)18(12(3)4)14(17-13)10-6-2/h12H,5-11,16H2,1-4H3. The number of aryl methyl sites for hydroxylation is 2. The van der Waals surface area contributed by atoms with E-state index in [0.29, 0.717) is 6.04 Å². The largest absolute Gasteiger partial charge is 0.384 e. The smallest absolute Gasteiger partial charge is 0.127 e. The Hall–Kier alpha value is -0.990. The molecule has 0 aliphatic rings. The normalized spacial score (nSPS) is 11.4. The monoisotopic (exact) mass is 251 g/mol. The molecule has 104 valence electrons. The lowest BCUT2D eigenvalue weighted by Gasteiger charge is -2.13. The molecule has 1 aromatic rings. The molecule has 0 fully saturated rings. The van der Waals surface area contributed by atoms with Crippen LogP contribution >= 0.6 is 0 Å². The zero-order valence-electron chi connectivity index (χ0n) is 12.5. The summed E-state index contributed by atoms with van der Waals surface area (Å²) in [7, 11) is 0. The summed E-state index contributed by atoms with van der Waals surface area (Å²) >= 11 is 0. The van der Waals surface area contributed by atoms with Crippen LogP contribution in [0.15, 0.2) is 0 Å². The minimum atomic E-state index is 0.406. The van der Waals surface area contributed by atoms with E-state index in [-0.39, 0.29) is 0 Å². The van der Waals surface area contributed by atoms with Gasteiger partial charge in [-0.05, 0) is 33.1 Å². The van der Waals surface area contributed by atoms with Crippen LogP contribution in [-0.2, 0) is 12.8 Å². The highest BCUT2D eigenvalue weighted by Crippen LogP contribution is 2.22. The van der Waals surface area contributed by atoms with Gasteiger partial charge in [0.1, 0.15) is 11.6 Å². The van der Waals surface area contributed by atoms with Gasteiger partial charge in [-0.25, -0.2) is 4.98 Å². The molecule has 0 unspecified atom stereocenters. The zero-order valence-corrected chi connectivity index (χ0v) is 12.5. The molecular formula is C15H29N3. The minimum Gasteiger partial charge on any atom is -0.384 e. The number of hydrogen-bond donors (Lipinski definition) is 1. The van der Waals surface area contributed by atoms with E-state index in [4.69, 9.17) is 10.7 Å². The molecule has 0 aromatic carbocycles. The molecule has 18 heavy (non-hydrogen) atoms. The van der Waals surface area contributed by atoms with Crippen LogP contribution in [0.1, 0.15) is 77.4 Å². The number of hydrogen-bond acceptors (Lipinski definition) is 2. The molecule has 0 radical (unpaired) electrons. The van der Waals surface area contributed by atoms with Gasteiger partial charge in [-0.2, -0.15) is 0 Å². The molecule has 0 bridgehead atoms. The molecule has 1 rings (SSSR count). The van der Waals surface area contributed by atoms with Crippen molar-refractivity contribution in [3.8, 4) is 0 Å². The summed E-state index contributed by atoms with van der Waals surface area (Å²) in [5, 5.41) is 0. The quantitative estimate of drug-likeness (QED) is 0.706. The van der Waals surface area contributed by atoms with Gasteiger partial charge in [-0.15, -0.1) is 0 Å². The SMILES string of the molecule is CCCCCCc1nc(CCC)n(C(C)C)c1N. The minimum absolute atomic E-state index is 0.406. The molecule has 3 nitrogen and oxygen atoms in total. The maximum atomic E-state index is 6.25. The van der Waals surface area contributed by atoms with Crippen molar-refractivity contribution in [2.24, 2.45) is 0 Å². The predicted molar refractivity (Wildman–Crippen MR) is 78.9 cm³/mol. The maximum Gasteiger partial charge on any atom is 0.127 e. The first-order valence-electron chi connectivity index (χ1n) is 7.47. The van der Waals surface area contributed by atoms with Crippen molar-refractivity contribution in [1.82, 2.24) is 9.55 Å². The van der Waals surface area contributed by atoms with Crippen molar-refractivity contribution in [2.45, 2.75) is 78.7 Å². The summed E-state index contributed by atoms with van der Waals surface area (Å²) in [5.41, 5.74) is 7.36. The van der Waals surface area contributed by atoms with Crippen molar-refractivity contribution < 1.29 is 0 Å². The second-order valence-electron chi connectivity index (χ2n) is 5.38. The summed E-state index contributed by atoms with van der Waals surface area (Å²) in [6, 6.07) is 0.406. The average Bonchev–Trinajstić information content (AvgIpc) is 2.62. The van der Waals surface area contributed by atoms with Gasteiger partial charge < -0.3 is 10.3 Å². The molecule has 1 aromatic heterocycles. The molecule has 1 heterocycles. The summed E-state index contributed by atoms with van der Waals surface area (Å²) in [4.78, 5) is 4.76. The third-order valence-corrected chi connectivity index (χ3v) is 3.35. The van der Waals surface area contributed by atoms with Gasteiger partial charge in [0.05, 0.1) is 5.69 Å². The molecule has 2 N–H and O–H groups in total. The molecule has 0 aliphatic heterocycles. The van der Waals surface area contributed by atoms with E-state index >= 15 is 0 Å². The van der Waals surface area contributed by atoms with Gasteiger partial charge in [0.25, 0.3) is 0 Å². The van der Waals surface area contributed by atoms with Crippen molar-refractivity contribution in [2.75, 3.05) is 5.73 Å². The number of unbranched alkanes of at least 4 members (excludes halogenated alkanes) is 3. The topological polar surface area (TPSA) is 43.8 Å². The van der Waals surface area contributed by atoms with E-state index in [9.17, 15) is 0 Å². The van der Waals surface area contributed by atoms with E-state index < -0.39 is 0 Å². The summed E-state index contributed by atoms with van der Waals surface area (Å²) in [5.74, 6) is 2.06. The fraction of sp³-hybridized carbons (Fsp3) is 0.800. The number of nitrogens with zero attached hydrogens (tertiary/aromatic N) is 2. The Balaban J connectivity index is 2.76. The van der Waals surface area contributed by atoms with E-state index in [1.54, 1.807) is 0 Å². The number of rotatable bonds is 8. The van der Waals surface area contributed by atoms with Gasteiger partial charge in [-0.3, -0.25) is 0 Å². The van der Waals surface area contributed by atoms with Gasteiger partial charge in [-0.1, -0.05) is 33.1 Å². The second-order valence-corrected chi connectivity index (χ2v) is 5.38. The van der Waals surface area contributed by atoms with Crippen LogP contribution in [0.25, 0.3) is 0 Å². The first-order valence-corrected chi connectivity index (χ1v) is 7.47. The molecule has 0 saturated heterocycles. The van der Waals surface area contributed by atoms with E-state index in [1.807, 2.05) is 0 Å². The number of imidazole rings is 1. The number of anilines is 1. The first kappa shape index (κ1) is 15.1. The fourth-order valence-electron chi connectivity index (χ4n) is 2.42. The van der Waals surface area contributed by atoms with Crippen LogP contribution in [-0.4, -0.2) is 9.55 Å². The van der Waals surface area contributed by atoms with Gasteiger partial charge in [0, 0.05) is 12.5 Å². The lowest BCUT2D eigenvalue weighted by molar-refractivity contribution is 0.571. The second kappa shape index (κ2) is 7.45. The predicted octanol–water partition coefficient (Wildman–Crippen LogP) is 4.12. The van der Waals surface area contributed by atoms with Crippen molar-refractivity contribution in [3.05, 3.63) is 11.5 Å². The third-order valence-electron chi connectivity index (χ3n) is 3.35. The Morgan fingerprint density at radius 1 is 1.06 bits per heavy atom. The first-order chi connectivity index (χ1) is 8.61. The van der Waals surface area contributed by atoms with Crippen LogP contribution in [0.3, 0.4) is 0 Å². The molecule has 0 amide bonds. The Morgan fingerprint density at radius 2 is 1.78 bits per heavy atom.